The van der Waals surface area contributed by atoms with Gasteiger partial charge in [0.25, 0.3) is 0 Å². The highest BCUT2D eigenvalue weighted by atomic mass is 79.9. The molecule has 0 radical (unpaired) electrons. The first-order valence-electron chi connectivity index (χ1n) is 10.0. The first kappa shape index (κ1) is 24.6. The van der Waals surface area contributed by atoms with Gasteiger partial charge in [-0.15, -0.1) is 0 Å². The standard InChI is InChI=1S/C24H22BrN3O4S/c1-13-6-4-9-18(14(13)2)27-19(29)12-33-23-17(11-26)20(15-7-5-8-16(25)10-15)21(22(30)28-23)24(31)32-3/h4-10,20-21H,12H2,1-3H3,(H,27,29)(H,28,30)/t20-,21-/m0/s1. The minimum Gasteiger partial charge on any atom is -0.468 e. The summed E-state index contributed by atoms with van der Waals surface area (Å²) in [7, 11) is 1.20. The molecule has 0 spiro atoms. The summed E-state index contributed by atoms with van der Waals surface area (Å²) in [6, 6.07) is 14.8. The number of amides is 2. The van der Waals surface area contributed by atoms with Gasteiger partial charge in [-0.05, 0) is 48.7 Å². The van der Waals surface area contributed by atoms with Gasteiger partial charge >= 0.3 is 5.97 Å². The topological polar surface area (TPSA) is 108 Å². The van der Waals surface area contributed by atoms with Gasteiger partial charge in [0.1, 0.15) is 5.92 Å². The number of hydrogen-bond donors (Lipinski definition) is 2. The molecule has 1 aliphatic rings. The number of esters is 1. The SMILES string of the molecule is COC(=O)[C@@H]1C(=O)NC(SCC(=O)Nc2cccc(C)c2C)=C(C#N)[C@@H]1c1cccc(Br)c1. The number of anilines is 1. The Labute approximate surface area is 204 Å². The molecule has 0 bridgehead atoms. The van der Waals surface area contributed by atoms with Crippen LogP contribution in [0.4, 0.5) is 5.69 Å². The average Bonchev–Trinajstić information content (AvgIpc) is 2.79. The van der Waals surface area contributed by atoms with Crippen LogP contribution in [0.2, 0.25) is 0 Å². The zero-order valence-corrected chi connectivity index (χ0v) is 20.7. The Morgan fingerprint density at radius 2 is 1.97 bits per heavy atom. The number of hydrogen-bond acceptors (Lipinski definition) is 6. The average molecular weight is 528 g/mol. The van der Waals surface area contributed by atoms with Crippen molar-refractivity contribution < 1.29 is 19.1 Å². The summed E-state index contributed by atoms with van der Waals surface area (Å²) >= 11 is 4.44. The van der Waals surface area contributed by atoms with Gasteiger partial charge in [0.15, 0.2) is 0 Å². The number of nitrogens with zero attached hydrogens (tertiary/aromatic N) is 1. The Morgan fingerprint density at radius 1 is 1.24 bits per heavy atom. The number of halogens is 1. The zero-order chi connectivity index (χ0) is 24.1. The number of ether oxygens (including phenoxy) is 1. The van der Waals surface area contributed by atoms with Crippen LogP contribution in [0.3, 0.4) is 0 Å². The number of allylic oxidation sites excluding steroid dienone is 1. The van der Waals surface area contributed by atoms with E-state index in [1.165, 1.54) is 7.11 Å². The molecule has 0 saturated heterocycles. The van der Waals surface area contributed by atoms with Gasteiger partial charge in [0.05, 0.1) is 29.5 Å². The Kier molecular flexibility index (Phi) is 7.95. The van der Waals surface area contributed by atoms with Crippen LogP contribution < -0.4 is 10.6 Å². The Hall–Kier alpha value is -3.09. The van der Waals surface area contributed by atoms with Crippen molar-refractivity contribution in [2.24, 2.45) is 5.92 Å². The molecule has 7 nitrogen and oxygen atoms in total. The van der Waals surface area contributed by atoms with Crippen LogP contribution in [0.1, 0.15) is 22.6 Å². The van der Waals surface area contributed by atoms with Gasteiger partial charge in [-0.25, -0.2) is 0 Å². The van der Waals surface area contributed by atoms with Gasteiger partial charge in [-0.1, -0.05) is 52.0 Å². The fraction of sp³-hybridized carbons (Fsp3) is 0.250. The molecule has 0 aromatic heterocycles. The van der Waals surface area contributed by atoms with Crippen LogP contribution in [0, 0.1) is 31.1 Å². The second-order valence-electron chi connectivity index (χ2n) is 7.46. The van der Waals surface area contributed by atoms with E-state index in [-0.39, 0.29) is 22.3 Å². The van der Waals surface area contributed by atoms with E-state index in [0.717, 1.165) is 27.4 Å². The third kappa shape index (κ3) is 5.46. The monoisotopic (exact) mass is 527 g/mol. The highest BCUT2D eigenvalue weighted by Crippen LogP contribution is 2.40. The van der Waals surface area contributed by atoms with Crippen molar-refractivity contribution in [3.05, 3.63) is 74.2 Å². The van der Waals surface area contributed by atoms with Crippen molar-refractivity contribution in [2.45, 2.75) is 19.8 Å². The molecule has 33 heavy (non-hydrogen) atoms. The molecule has 170 valence electrons. The number of carbonyl (C=O) groups excluding carboxylic acids is 3. The van der Waals surface area contributed by atoms with Crippen LogP contribution in [-0.4, -0.2) is 30.6 Å². The number of aryl methyl sites for hydroxylation is 1. The molecule has 1 heterocycles. The van der Waals surface area contributed by atoms with Gasteiger partial charge in [0.2, 0.25) is 11.8 Å². The summed E-state index contributed by atoms with van der Waals surface area (Å²) in [5, 5.41) is 15.7. The molecule has 2 atom stereocenters. The second-order valence-corrected chi connectivity index (χ2v) is 9.36. The van der Waals surface area contributed by atoms with Crippen LogP contribution in [0.5, 0.6) is 0 Å². The third-order valence-corrected chi connectivity index (χ3v) is 6.93. The fourth-order valence-corrected chi connectivity index (χ4v) is 4.86. The highest BCUT2D eigenvalue weighted by molar-refractivity contribution is 9.10. The Bertz CT molecular complexity index is 1190. The van der Waals surface area contributed by atoms with Gasteiger partial charge in [-0.3, -0.25) is 14.4 Å². The minimum atomic E-state index is -1.22. The largest absolute Gasteiger partial charge is 0.468 e. The van der Waals surface area contributed by atoms with E-state index in [4.69, 9.17) is 4.74 Å². The minimum absolute atomic E-state index is 0.0255. The number of carbonyl (C=O) groups is 3. The molecule has 2 N–H and O–H groups in total. The fourth-order valence-electron chi connectivity index (χ4n) is 3.59. The predicted octanol–water partition coefficient (Wildman–Crippen LogP) is 4.18. The van der Waals surface area contributed by atoms with E-state index in [1.807, 2.05) is 38.1 Å². The van der Waals surface area contributed by atoms with Gasteiger partial charge in [0, 0.05) is 16.1 Å². The number of nitrogens with one attached hydrogen (secondary N) is 2. The number of nitriles is 1. The van der Waals surface area contributed by atoms with E-state index in [9.17, 15) is 19.6 Å². The lowest BCUT2D eigenvalue weighted by Gasteiger charge is -2.31. The predicted molar refractivity (Wildman–Crippen MR) is 130 cm³/mol. The van der Waals surface area contributed by atoms with E-state index >= 15 is 0 Å². The summed E-state index contributed by atoms with van der Waals surface area (Å²) < 4.78 is 5.59. The second kappa shape index (κ2) is 10.7. The van der Waals surface area contributed by atoms with E-state index in [1.54, 1.807) is 18.2 Å². The molecule has 9 heteroatoms. The molecule has 0 unspecified atom stereocenters. The first-order valence-corrected chi connectivity index (χ1v) is 11.8. The van der Waals surface area contributed by atoms with Crippen LogP contribution >= 0.6 is 27.7 Å². The molecule has 2 amide bonds. The maximum atomic E-state index is 12.9. The molecule has 0 aliphatic carbocycles. The lowest BCUT2D eigenvalue weighted by atomic mass is 9.78. The summed E-state index contributed by atoms with van der Waals surface area (Å²) in [6.07, 6.45) is 0. The molecule has 3 rings (SSSR count). The van der Waals surface area contributed by atoms with Gasteiger partial charge in [-0.2, -0.15) is 5.26 Å². The van der Waals surface area contributed by atoms with E-state index in [2.05, 4.69) is 32.6 Å². The van der Waals surface area contributed by atoms with Crippen molar-refractivity contribution >= 4 is 51.2 Å². The third-order valence-electron chi connectivity index (χ3n) is 5.42. The van der Waals surface area contributed by atoms with Crippen molar-refractivity contribution in [3.63, 3.8) is 0 Å². The first-order chi connectivity index (χ1) is 15.8. The zero-order valence-electron chi connectivity index (χ0n) is 18.3. The molecule has 2 aromatic rings. The molecule has 2 aromatic carbocycles. The normalized spacial score (nSPS) is 17.7. The lowest BCUT2D eigenvalue weighted by Crippen LogP contribution is -2.44. The van der Waals surface area contributed by atoms with Gasteiger partial charge < -0.3 is 15.4 Å². The lowest BCUT2D eigenvalue weighted by molar-refractivity contribution is -0.150. The summed E-state index contributed by atoms with van der Waals surface area (Å²) in [4.78, 5) is 37.9. The maximum Gasteiger partial charge on any atom is 0.319 e. The molecular formula is C24H22BrN3O4S. The quantitative estimate of drug-likeness (QED) is 0.431. The summed E-state index contributed by atoms with van der Waals surface area (Å²) in [5.74, 6) is -3.67. The molecule has 1 aliphatic heterocycles. The van der Waals surface area contributed by atoms with Crippen molar-refractivity contribution in [3.8, 4) is 6.07 Å². The van der Waals surface area contributed by atoms with E-state index < -0.39 is 23.7 Å². The number of methoxy groups -OCH3 is 1. The summed E-state index contributed by atoms with van der Waals surface area (Å²) in [5.41, 5.74) is 3.55. The van der Waals surface area contributed by atoms with Crippen molar-refractivity contribution in [1.29, 1.82) is 5.26 Å². The Morgan fingerprint density at radius 3 is 2.64 bits per heavy atom. The van der Waals surface area contributed by atoms with Crippen LogP contribution in [0.15, 0.2) is 57.5 Å². The number of rotatable bonds is 6. The van der Waals surface area contributed by atoms with Crippen molar-refractivity contribution in [1.82, 2.24) is 5.32 Å². The highest BCUT2D eigenvalue weighted by Gasteiger charge is 2.44. The van der Waals surface area contributed by atoms with Crippen LogP contribution in [-0.2, 0) is 19.1 Å². The smallest absolute Gasteiger partial charge is 0.319 e. The maximum absolute atomic E-state index is 12.9. The number of thioether (sulfide) groups is 1. The van der Waals surface area contributed by atoms with Crippen LogP contribution in [0.25, 0.3) is 0 Å². The number of benzene rings is 2. The molecule has 0 fully saturated rings. The molecule has 0 saturated carbocycles. The summed E-state index contributed by atoms with van der Waals surface area (Å²) in [6.45, 7) is 3.88. The molecular weight excluding hydrogens is 506 g/mol. The van der Waals surface area contributed by atoms with E-state index in [0.29, 0.717) is 11.3 Å². The van der Waals surface area contributed by atoms with Crippen molar-refractivity contribution in [2.75, 3.05) is 18.2 Å². The Balaban J connectivity index is 1.90.